The van der Waals surface area contributed by atoms with Crippen molar-refractivity contribution in [3.63, 3.8) is 0 Å². The Kier molecular flexibility index (Phi) is 8.44. The summed E-state index contributed by atoms with van der Waals surface area (Å²) in [6, 6.07) is 8.96. The van der Waals surface area contributed by atoms with Crippen LogP contribution in [0.15, 0.2) is 48.1 Å². The van der Waals surface area contributed by atoms with Crippen molar-refractivity contribution < 1.29 is 33.0 Å². The molecule has 0 saturated carbocycles. The average Bonchev–Trinajstić information content (AvgIpc) is 3.49. The molecule has 2 aliphatic heterocycles. The summed E-state index contributed by atoms with van der Waals surface area (Å²) < 4.78 is 31.8. The minimum absolute atomic E-state index is 0.131. The molecule has 40 heavy (non-hydrogen) atoms. The Morgan fingerprint density at radius 3 is 2.83 bits per heavy atom. The van der Waals surface area contributed by atoms with Gasteiger partial charge in [0.05, 0.1) is 24.9 Å². The molecule has 3 aromatic rings. The summed E-state index contributed by atoms with van der Waals surface area (Å²) in [5.41, 5.74) is 2.97. The lowest BCUT2D eigenvalue weighted by Gasteiger charge is -2.38. The van der Waals surface area contributed by atoms with E-state index in [0.29, 0.717) is 41.3 Å². The Balaban J connectivity index is 1.41. The third-order valence-corrected chi connectivity index (χ3v) is 7.52. The molecule has 0 aliphatic carbocycles. The van der Waals surface area contributed by atoms with Crippen LogP contribution in [-0.4, -0.2) is 66.6 Å². The monoisotopic (exact) mass is 568 g/mol. The number of nitrogens with zero attached hydrogens (tertiary/aromatic N) is 2. The van der Waals surface area contributed by atoms with E-state index in [2.05, 4.69) is 15.6 Å². The first-order valence-corrected chi connectivity index (χ1v) is 13.8. The molecule has 12 heteroatoms. The van der Waals surface area contributed by atoms with Gasteiger partial charge in [-0.15, -0.1) is 11.3 Å². The predicted octanol–water partition coefficient (Wildman–Crippen LogP) is 2.71. The van der Waals surface area contributed by atoms with E-state index >= 15 is 0 Å². The van der Waals surface area contributed by atoms with Crippen molar-refractivity contribution in [3.8, 4) is 17.2 Å². The zero-order valence-corrected chi connectivity index (χ0v) is 22.7. The number of rotatable bonds is 2. The van der Waals surface area contributed by atoms with Crippen molar-refractivity contribution in [2.75, 3.05) is 26.8 Å². The summed E-state index contributed by atoms with van der Waals surface area (Å²) >= 11 is 1.24. The number of hydrogen-bond donors (Lipinski definition) is 2. The molecular formula is C28H29FN4O6S. The standard InChI is InChI=1S/C28H29FN4O6S/c1-37-23-4-2-17-3-5-26(34)31-12-18-8-19(29)11-20(9-18)39-22-6-7-33(28(36)25-13-30-16-40-25)14-21(22)32-27(35)15-38-24(23)10-17/h2,4,8-11,13,16,21-22H,3,5-7,12,14-15H2,1H3,(H,31,34)(H,32,35)/t21-,22-/m1/s1. The number of fused-ring (bicyclic) bond motifs is 5. The molecule has 0 spiro atoms. The number of amides is 3. The molecule has 3 heterocycles. The SMILES string of the molecule is COc1ccc2cc1OCC(=O)N[C@@H]1CN(C(=O)c3cncs3)CC[C@H]1Oc1cc(F)cc(c1)CNC(=O)CC2. The Bertz CT molecular complexity index is 1390. The van der Waals surface area contributed by atoms with Crippen molar-refractivity contribution in [2.45, 2.75) is 38.0 Å². The molecule has 0 unspecified atom stereocenters. The maximum atomic E-state index is 14.5. The Morgan fingerprint density at radius 1 is 1.15 bits per heavy atom. The fraction of sp³-hybridized carbons (Fsp3) is 0.357. The van der Waals surface area contributed by atoms with Crippen LogP contribution >= 0.6 is 11.3 Å². The minimum Gasteiger partial charge on any atom is -0.493 e. The number of aryl methyl sites for hydroxylation is 1. The first-order valence-electron chi connectivity index (χ1n) is 12.9. The molecule has 2 atom stereocenters. The van der Waals surface area contributed by atoms with Gasteiger partial charge < -0.3 is 29.7 Å². The second-order valence-electron chi connectivity index (χ2n) is 9.58. The van der Waals surface area contributed by atoms with Crippen LogP contribution < -0.4 is 24.8 Å². The second kappa shape index (κ2) is 12.3. The number of aromatic nitrogens is 1. The highest BCUT2D eigenvalue weighted by Crippen LogP contribution is 2.29. The van der Waals surface area contributed by atoms with Crippen LogP contribution in [0, 0.1) is 5.82 Å². The number of carbonyl (C=O) groups is 3. The van der Waals surface area contributed by atoms with Gasteiger partial charge in [0, 0.05) is 38.5 Å². The van der Waals surface area contributed by atoms with E-state index in [9.17, 15) is 18.8 Å². The fourth-order valence-corrected chi connectivity index (χ4v) is 5.35. The Morgan fingerprint density at radius 2 is 2.02 bits per heavy atom. The highest BCUT2D eigenvalue weighted by atomic mass is 32.1. The predicted molar refractivity (Wildman–Crippen MR) is 144 cm³/mol. The summed E-state index contributed by atoms with van der Waals surface area (Å²) in [6.45, 7) is 0.388. The van der Waals surface area contributed by atoms with Crippen molar-refractivity contribution in [2.24, 2.45) is 0 Å². The number of hydrogen-bond acceptors (Lipinski definition) is 8. The lowest BCUT2D eigenvalue weighted by Crippen LogP contribution is -2.58. The molecular weight excluding hydrogens is 539 g/mol. The first kappa shape index (κ1) is 27.4. The Hall–Kier alpha value is -4.19. The van der Waals surface area contributed by atoms with Crippen LogP contribution in [0.2, 0.25) is 0 Å². The van der Waals surface area contributed by atoms with Gasteiger partial charge in [-0.3, -0.25) is 19.4 Å². The fourth-order valence-electron chi connectivity index (χ4n) is 4.77. The van der Waals surface area contributed by atoms with Crippen LogP contribution in [0.1, 0.15) is 33.6 Å². The number of likely N-dealkylation sites (tertiary alicyclic amines) is 1. The topological polar surface area (TPSA) is 119 Å². The van der Waals surface area contributed by atoms with E-state index in [4.69, 9.17) is 14.2 Å². The summed E-state index contributed by atoms with van der Waals surface area (Å²) in [4.78, 5) is 44.7. The lowest BCUT2D eigenvalue weighted by molar-refractivity contribution is -0.125. The number of piperidine rings is 1. The van der Waals surface area contributed by atoms with Crippen LogP contribution in [0.5, 0.6) is 17.2 Å². The number of halogens is 1. The summed E-state index contributed by atoms with van der Waals surface area (Å²) in [5.74, 6) is -0.198. The van der Waals surface area contributed by atoms with Crippen LogP contribution in [0.3, 0.4) is 0 Å². The largest absolute Gasteiger partial charge is 0.493 e. The third kappa shape index (κ3) is 6.68. The molecule has 1 saturated heterocycles. The zero-order valence-electron chi connectivity index (χ0n) is 21.9. The van der Waals surface area contributed by atoms with Gasteiger partial charge in [0.2, 0.25) is 5.91 Å². The molecule has 1 aromatic heterocycles. The minimum atomic E-state index is -0.597. The number of benzene rings is 2. The van der Waals surface area contributed by atoms with Crippen molar-refractivity contribution in [3.05, 3.63) is 69.9 Å². The van der Waals surface area contributed by atoms with Crippen molar-refractivity contribution in [1.82, 2.24) is 20.5 Å². The maximum Gasteiger partial charge on any atom is 0.265 e. The molecule has 0 radical (unpaired) electrons. The summed E-state index contributed by atoms with van der Waals surface area (Å²) in [5, 5.41) is 5.77. The van der Waals surface area contributed by atoms with E-state index in [1.165, 1.54) is 36.8 Å². The lowest BCUT2D eigenvalue weighted by atomic mass is 10.0. The van der Waals surface area contributed by atoms with Gasteiger partial charge in [0.1, 0.15) is 22.5 Å². The molecule has 210 valence electrons. The number of carbonyl (C=O) groups excluding carboxylic acids is 3. The van der Waals surface area contributed by atoms with Gasteiger partial charge in [-0.1, -0.05) is 6.07 Å². The van der Waals surface area contributed by atoms with Crippen LogP contribution in [0.4, 0.5) is 4.39 Å². The van der Waals surface area contributed by atoms with Crippen molar-refractivity contribution in [1.29, 1.82) is 0 Å². The second-order valence-corrected chi connectivity index (χ2v) is 10.5. The quantitative estimate of drug-likeness (QED) is 0.488. The smallest absolute Gasteiger partial charge is 0.265 e. The van der Waals surface area contributed by atoms with Gasteiger partial charge in [-0.2, -0.15) is 0 Å². The molecule has 2 aliphatic rings. The first-order chi connectivity index (χ1) is 19.4. The molecule has 10 nitrogen and oxygen atoms in total. The molecule has 1 fully saturated rings. The van der Waals surface area contributed by atoms with Gasteiger partial charge >= 0.3 is 0 Å². The average molecular weight is 569 g/mol. The number of thiazole rings is 1. The van der Waals surface area contributed by atoms with Gasteiger partial charge in [-0.05, 0) is 41.8 Å². The van der Waals surface area contributed by atoms with Gasteiger partial charge in [0.15, 0.2) is 18.1 Å². The molecule has 4 bridgehead atoms. The highest BCUT2D eigenvalue weighted by Gasteiger charge is 2.35. The van der Waals surface area contributed by atoms with Crippen LogP contribution in [0.25, 0.3) is 0 Å². The highest BCUT2D eigenvalue weighted by molar-refractivity contribution is 7.11. The normalized spacial score (nSPS) is 20.0. The van der Waals surface area contributed by atoms with Gasteiger partial charge in [-0.25, -0.2) is 4.39 Å². The van der Waals surface area contributed by atoms with E-state index < -0.39 is 23.9 Å². The van der Waals surface area contributed by atoms with E-state index in [-0.39, 0.29) is 43.7 Å². The Labute approximate surface area is 234 Å². The van der Waals surface area contributed by atoms with Gasteiger partial charge in [0.25, 0.3) is 11.8 Å². The maximum absolute atomic E-state index is 14.5. The van der Waals surface area contributed by atoms with E-state index in [1.807, 2.05) is 6.07 Å². The number of ether oxygens (including phenoxy) is 3. The number of methoxy groups -OCH3 is 1. The van der Waals surface area contributed by atoms with E-state index in [0.717, 1.165) is 5.56 Å². The third-order valence-electron chi connectivity index (χ3n) is 6.76. The van der Waals surface area contributed by atoms with Crippen LogP contribution in [-0.2, 0) is 22.6 Å². The molecule has 2 aromatic carbocycles. The van der Waals surface area contributed by atoms with Crippen molar-refractivity contribution >= 4 is 29.1 Å². The summed E-state index contributed by atoms with van der Waals surface area (Å²) in [7, 11) is 1.50. The molecule has 5 rings (SSSR count). The molecule has 2 N–H and O–H groups in total. The summed E-state index contributed by atoms with van der Waals surface area (Å²) in [6.07, 6.45) is 2.01. The zero-order chi connectivity index (χ0) is 28.1. The molecule has 3 amide bonds. The number of nitrogens with one attached hydrogen (secondary N) is 2. The van der Waals surface area contributed by atoms with E-state index in [1.54, 1.807) is 28.6 Å².